The number of hydrogen-bond acceptors (Lipinski definition) is 3. The van der Waals surface area contributed by atoms with Gasteiger partial charge in [0.15, 0.2) is 0 Å². The Kier molecular flexibility index (Phi) is 15.4. The number of carbonyl (C=O) groups excluding carboxylic acids is 1. The van der Waals surface area contributed by atoms with Crippen molar-refractivity contribution in [1.29, 1.82) is 0 Å². The fourth-order valence-corrected chi connectivity index (χ4v) is 2.55. The fourth-order valence-electron chi connectivity index (χ4n) is 1.48. The maximum atomic E-state index is 11.3. The first-order valence-electron chi connectivity index (χ1n) is 5.39. The molecule has 0 radical (unpaired) electrons. The van der Waals surface area contributed by atoms with Gasteiger partial charge in [-0.2, -0.15) is 18.2 Å². The Hall–Kier alpha value is 1.17. The van der Waals surface area contributed by atoms with Gasteiger partial charge in [0.25, 0.3) is 0 Å². The molecule has 0 bridgehead atoms. The van der Waals surface area contributed by atoms with Crippen LogP contribution in [-0.4, -0.2) is 23.6 Å². The Morgan fingerprint density at radius 3 is 2.50 bits per heavy atom. The van der Waals surface area contributed by atoms with Crippen molar-refractivity contribution in [3.63, 3.8) is 0 Å². The number of carbonyl (C=O) groups is 1. The zero-order valence-corrected chi connectivity index (χ0v) is 15.7. The molecule has 1 saturated heterocycles. The molecule has 0 saturated carbocycles. The van der Waals surface area contributed by atoms with E-state index in [2.05, 4.69) is 6.92 Å². The van der Waals surface area contributed by atoms with Crippen LogP contribution in [0, 0.1) is 6.92 Å². The molecule has 5 heteroatoms. The Bertz CT molecular complexity index is 175. The molecule has 90 valence electrons. The molecule has 0 N–H and O–H groups in total. The van der Waals surface area contributed by atoms with Gasteiger partial charge >= 0.3 is 25.4 Å². The van der Waals surface area contributed by atoms with Gasteiger partial charge in [-0.1, -0.05) is 6.42 Å². The zero-order valence-electron chi connectivity index (χ0n) is 9.75. The molecule has 0 aromatic carbocycles. The van der Waals surface area contributed by atoms with Gasteiger partial charge < -0.3 is 35.6 Å². The second-order valence-corrected chi connectivity index (χ2v) is 4.84. The number of ether oxygens (including phenoxy) is 1. The second kappa shape index (κ2) is 12.6. The third-order valence-electron chi connectivity index (χ3n) is 2.35. The minimum atomic E-state index is -0.0182. The van der Waals surface area contributed by atoms with Crippen LogP contribution in [0.15, 0.2) is 0 Å². The third-order valence-corrected chi connectivity index (χ3v) is 3.40. The van der Waals surface area contributed by atoms with E-state index < -0.39 is 0 Å². The predicted octanol–water partition coefficient (Wildman–Crippen LogP) is -0.179. The SMILES string of the molecule is [CH2-]CCCCC(=O)OC1CCSCC1.[I-].[Zn+2]. The quantitative estimate of drug-likeness (QED) is 0.208. The molecule has 1 aliphatic heterocycles. The zero-order chi connectivity index (χ0) is 10.2. The summed E-state index contributed by atoms with van der Waals surface area (Å²) in [6.45, 7) is 3.74. The number of esters is 1. The molecule has 0 unspecified atom stereocenters. The largest absolute Gasteiger partial charge is 2.00 e. The van der Waals surface area contributed by atoms with Crippen molar-refractivity contribution in [2.45, 2.75) is 44.6 Å². The van der Waals surface area contributed by atoms with Gasteiger partial charge in [0.2, 0.25) is 0 Å². The molecule has 0 spiro atoms. The third kappa shape index (κ3) is 9.23. The van der Waals surface area contributed by atoms with Crippen LogP contribution in [0.2, 0.25) is 0 Å². The van der Waals surface area contributed by atoms with E-state index in [1.807, 2.05) is 11.8 Å². The van der Waals surface area contributed by atoms with E-state index in [-0.39, 0.29) is 55.5 Å². The molecule has 1 rings (SSSR count). The van der Waals surface area contributed by atoms with Crippen LogP contribution in [-0.2, 0) is 29.0 Å². The second-order valence-electron chi connectivity index (χ2n) is 3.61. The summed E-state index contributed by atoms with van der Waals surface area (Å²) in [7, 11) is 0. The molecule has 0 aromatic rings. The van der Waals surface area contributed by atoms with Crippen molar-refractivity contribution in [2.75, 3.05) is 11.5 Å². The van der Waals surface area contributed by atoms with E-state index in [0.717, 1.165) is 43.6 Å². The van der Waals surface area contributed by atoms with E-state index in [1.165, 1.54) is 0 Å². The van der Waals surface area contributed by atoms with Gasteiger partial charge in [0.1, 0.15) is 6.10 Å². The maximum absolute atomic E-state index is 11.3. The van der Waals surface area contributed by atoms with E-state index in [0.29, 0.717) is 6.42 Å². The molecular formula is C11H19IO2SZn. The van der Waals surface area contributed by atoms with Crippen LogP contribution >= 0.6 is 11.8 Å². The maximum Gasteiger partial charge on any atom is 2.00 e. The van der Waals surface area contributed by atoms with Crippen molar-refractivity contribution in [1.82, 2.24) is 0 Å². The van der Waals surface area contributed by atoms with E-state index in [1.54, 1.807) is 0 Å². The fraction of sp³-hybridized carbons (Fsp3) is 0.818. The first kappa shape index (κ1) is 19.5. The van der Waals surface area contributed by atoms with Crippen LogP contribution in [0.4, 0.5) is 0 Å². The van der Waals surface area contributed by atoms with Crippen molar-refractivity contribution < 1.29 is 53.0 Å². The first-order chi connectivity index (χ1) is 6.83. The summed E-state index contributed by atoms with van der Waals surface area (Å²) >= 11 is 1.95. The Labute approximate surface area is 133 Å². The van der Waals surface area contributed by atoms with E-state index >= 15 is 0 Å². The molecule has 16 heavy (non-hydrogen) atoms. The summed E-state index contributed by atoms with van der Waals surface area (Å²) in [6.07, 6.45) is 5.69. The van der Waals surface area contributed by atoms with Crippen LogP contribution in [0.5, 0.6) is 0 Å². The van der Waals surface area contributed by atoms with E-state index in [4.69, 9.17) is 4.74 Å². The van der Waals surface area contributed by atoms with Gasteiger partial charge in [-0.25, -0.2) is 0 Å². The molecule has 1 heterocycles. The minimum Gasteiger partial charge on any atom is -1.00 e. The van der Waals surface area contributed by atoms with Crippen molar-refractivity contribution in [3.8, 4) is 0 Å². The summed E-state index contributed by atoms with van der Waals surface area (Å²) in [4.78, 5) is 11.3. The summed E-state index contributed by atoms with van der Waals surface area (Å²) in [5.41, 5.74) is 0. The number of thioether (sulfide) groups is 1. The number of hydrogen-bond donors (Lipinski definition) is 0. The van der Waals surface area contributed by atoms with Crippen molar-refractivity contribution in [2.24, 2.45) is 0 Å². The van der Waals surface area contributed by atoms with Crippen molar-refractivity contribution >= 4 is 17.7 Å². The summed E-state index contributed by atoms with van der Waals surface area (Å²) in [5.74, 6) is 2.25. The van der Waals surface area contributed by atoms with Crippen LogP contribution in [0.1, 0.15) is 38.5 Å². The number of rotatable bonds is 5. The van der Waals surface area contributed by atoms with Crippen molar-refractivity contribution in [3.05, 3.63) is 6.92 Å². The van der Waals surface area contributed by atoms with Gasteiger partial charge in [0.05, 0.1) is 0 Å². The molecule has 1 fully saturated rings. The van der Waals surface area contributed by atoms with E-state index in [9.17, 15) is 4.79 Å². The summed E-state index contributed by atoms with van der Waals surface area (Å²) in [6, 6.07) is 0. The van der Waals surface area contributed by atoms with Crippen LogP contribution in [0.3, 0.4) is 0 Å². The Morgan fingerprint density at radius 2 is 1.94 bits per heavy atom. The van der Waals surface area contributed by atoms with Crippen LogP contribution in [0.25, 0.3) is 0 Å². The smallest absolute Gasteiger partial charge is 1.00 e. The molecular weight excluding hydrogens is 388 g/mol. The topological polar surface area (TPSA) is 26.3 Å². The number of unbranched alkanes of at least 4 members (excludes halogenated alkanes) is 2. The minimum absolute atomic E-state index is 0. The predicted molar refractivity (Wildman–Crippen MR) is 60.3 cm³/mol. The molecule has 0 atom stereocenters. The molecule has 0 aliphatic carbocycles. The monoisotopic (exact) mass is 406 g/mol. The standard InChI is InChI=1S/C11H19O2S.HI.Zn/c1-2-3-4-5-11(12)13-10-6-8-14-9-7-10;;/h10H,1-9H2;1H;/q-1;;+2/p-1. The van der Waals surface area contributed by atoms with Gasteiger partial charge in [-0.05, 0) is 30.8 Å². The van der Waals surface area contributed by atoms with Gasteiger partial charge in [-0.15, -0.1) is 0 Å². The van der Waals surface area contributed by atoms with Gasteiger partial charge in [0, 0.05) is 6.42 Å². The summed E-state index contributed by atoms with van der Waals surface area (Å²) in [5, 5.41) is 0. The first-order valence-corrected chi connectivity index (χ1v) is 6.55. The molecule has 0 aromatic heterocycles. The normalized spacial score (nSPS) is 15.8. The number of halogens is 1. The van der Waals surface area contributed by atoms with Crippen LogP contribution < -0.4 is 24.0 Å². The Morgan fingerprint density at radius 1 is 1.31 bits per heavy atom. The average Bonchev–Trinajstić information content (AvgIpc) is 2.20. The van der Waals surface area contributed by atoms with Gasteiger partial charge in [-0.3, -0.25) is 4.79 Å². The Balaban J connectivity index is 0. The summed E-state index contributed by atoms with van der Waals surface area (Å²) < 4.78 is 5.37. The molecule has 0 amide bonds. The molecule has 1 aliphatic rings. The average molecular weight is 408 g/mol. The molecule has 2 nitrogen and oxygen atoms in total.